The van der Waals surface area contributed by atoms with Gasteiger partial charge in [-0.25, -0.2) is 14.6 Å². The number of aromatic nitrogens is 2. The lowest BCUT2D eigenvalue weighted by atomic mass is 9.98. The molecule has 45 heavy (non-hydrogen) atoms. The lowest BCUT2D eigenvalue weighted by Crippen LogP contribution is -2.72. The molecule has 244 valence electrons. The molecule has 8 N–H and O–H groups in total. The molecule has 0 unspecified atom stereocenters. The number of urea groups is 1. The first-order valence-corrected chi connectivity index (χ1v) is 14.9. The van der Waals surface area contributed by atoms with Gasteiger partial charge in [-0.15, -0.1) is 11.3 Å². The maximum atomic E-state index is 12.6. The molecule has 2 aromatic heterocycles. The van der Waals surface area contributed by atoms with E-state index in [0.29, 0.717) is 12.3 Å². The highest BCUT2D eigenvalue weighted by Crippen LogP contribution is 2.18. The summed E-state index contributed by atoms with van der Waals surface area (Å²) in [5.74, 6) is -1.74. The molecule has 18 heteroatoms. The maximum absolute atomic E-state index is 12.6. The van der Waals surface area contributed by atoms with E-state index in [-0.39, 0.29) is 41.6 Å². The van der Waals surface area contributed by atoms with E-state index in [1.807, 2.05) is 6.92 Å². The number of nitrogens with zero attached hydrogens (tertiary/aromatic N) is 1. The number of rotatable bonds is 14. The number of ether oxygens (including phenoxy) is 2. The lowest BCUT2D eigenvalue weighted by molar-refractivity contribution is -0.135. The molecule has 3 heterocycles. The van der Waals surface area contributed by atoms with Crippen LogP contribution in [0.4, 0.5) is 14.7 Å². The van der Waals surface area contributed by atoms with Gasteiger partial charge in [0.25, 0.3) is 5.91 Å². The van der Waals surface area contributed by atoms with Gasteiger partial charge in [-0.1, -0.05) is 13.3 Å². The molecule has 0 saturated carbocycles. The molecule has 1 saturated heterocycles. The minimum atomic E-state index is -1.02. The second kappa shape index (κ2) is 15.6. The molecule has 3 rings (SSSR count). The van der Waals surface area contributed by atoms with Gasteiger partial charge in [-0.3, -0.25) is 29.9 Å². The molecule has 6 amide bonds. The SMILES string of the molecule is CCCCOc1c[nH]c(CNC(=O)NCC(=O)NC[C@H]2NC(=O)[C@H]2NC(=O)C(=N)c2csc(NC(=O)OC(C)(C)C)n2)cc1=O. The van der Waals surface area contributed by atoms with Crippen molar-refractivity contribution >= 4 is 52.0 Å². The fourth-order valence-corrected chi connectivity index (χ4v) is 4.36. The first-order valence-electron chi connectivity index (χ1n) is 14.0. The predicted octanol–water partition coefficient (Wildman–Crippen LogP) is 0.324. The molecule has 1 aliphatic heterocycles. The Bertz CT molecular complexity index is 1480. The third-order valence-corrected chi connectivity index (χ3v) is 6.71. The number of unbranched alkanes of at least 4 members (excludes halogenated alkanes) is 1. The number of thiazole rings is 1. The smallest absolute Gasteiger partial charge is 0.413 e. The van der Waals surface area contributed by atoms with E-state index >= 15 is 0 Å². The number of hydrogen-bond donors (Lipinski definition) is 8. The van der Waals surface area contributed by atoms with E-state index in [0.717, 1.165) is 24.2 Å². The zero-order chi connectivity index (χ0) is 33.1. The standard InChI is InChI=1S/C27H37N9O8S/c1-5-6-7-43-18-11-29-14(8-17(18)37)9-31-24(41)32-12-19(38)30-10-15-21(23(40)33-15)35-22(39)20(28)16-13-45-25(34-16)36-26(42)44-27(2,3)4/h8,11,13,15,21,28H,5-7,9-10,12H2,1-4H3,(H,29,37)(H,30,38)(H,33,40)(H,35,39)(H2,31,32,41)(H,34,36,42)/t15-,21+/m1/s1. The number of carbonyl (C=O) groups is 5. The number of amides is 6. The fourth-order valence-electron chi connectivity index (χ4n) is 3.67. The number of hydrogen-bond acceptors (Lipinski definition) is 11. The van der Waals surface area contributed by atoms with Crippen molar-refractivity contribution in [2.24, 2.45) is 0 Å². The van der Waals surface area contributed by atoms with Crippen LogP contribution in [0.15, 0.2) is 22.4 Å². The quantitative estimate of drug-likeness (QED) is 0.0798. The second-order valence-electron chi connectivity index (χ2n) is 10.8. The molecule has 0 radical (unpaired) electrons. The molecular weight excluding hydrogens is 610 g/mol. The fraction of sp³-hybridized carbons (Fsp3) is 0.481. The second-order valence-corrected chi connectivity index (χ2v) is 11.7. The Balaban J connectivity index is 1.37. The van der Waals surface area contributed by atoms with Crippen molar-refractivity contribution in [2.45, 2.75) is 64.8 Å². The summed E-state index contributed by atoms with van der Waals surface area (Å²) in [4.78, 5) is 79.9. The van der Waals surface area contributed by atoms with Gasteiger partial charge in [0.1, 0.15) is 23.0 Å². The summed E-state index contributed by atoms with van der Waals surface area (Å²) in [7, 11) is 0. The zero-order valence-corrected chi connectivity index (χ0v) is 26.1. The Morgan fingerprint density at radius 2 is 1.89 bits per heavy atom. The van der Waals surface area contributed by atoms with E-state index in [1.54, 1.807) is 20.8 Å². The molecule has 1 fully saturated rings. The van der Waals surface area contributed by atoms with E-state index in [9.17, 15) is 28.8 Å². The van der Waals surface area contributed by atoms with Crippen LogP contribution in [0.1, 0.15) is 51.9 Å². The summed E-state index contributed by atoms with van der Waals surface area (Å²) in [5.41, 5.74) is -1.14. The highest BCUT2D eigenvalue weighted by Gasteiger charge is 2.41. The maximum Gasteiger partial charge on any atom is 0.413 e. The van der Waals surface area contributed by atoms with Gasteiger partial charge < -0.3 is 41.0 Å². The Kier molecular flexibility index (Phi) is 12.0. The van der Waals surface area contributed by atoms with E-state index in [1.165, 1.54) is 17.6 Å². The average Bonchev–Trinajstić information content (AvgIpc) is 3.43. The van der Waals surface area contributed by atoms with E-state index in [4.69, 9.17) is 14.9 Å². The Labute approximate surface area is 262 Å². The van der Waals surface area contributed by atoms with Gasteiger partial charge in [0, 0.05) is 29.9 Å². The topological polar surface area (TPSA) is 246 Å². The molecule has 0 spiro atoms. The number of carbonyl (C=O) groups excluding carboxylic acids is 5. The lowest BCUT2D eigenvalue weighted by Gasteiger charge is -2.37. The highest BCUT2D eigenvalue weighted by atomic mass is 32.1. The third-order valence-electron chi connectivity index (χ3n) is 5.95. The number of β-lactam (4-membered cyclic amide) rings is 1. The largest absolute Gasteiger partial charge is 0.488 e. The van der Waals surface area contributed by atoms with Crippen LogP contribution in [-0.4, -0.2) is 82.9 Å². The summed E-state index contributed by atoms with van der Waals surface area (Å²) in [6.07, 6.45) is 2.45. The number of H-pyrrole nitrogens is 1. The Morgan fingerprint density at radius 3 is 2.56 bits per heavy atom. The summed E-state index contributed by atoms with van der Waals surface area (Å²) >= 11 is 0.989. The Hall–Kier alpha value is -5.00. The summed E-state index contributed by atoms with van der Waals surface area (Å²) in [6.45, 7) is 7.11. The molecular formula is C27H37N9O8S. The van der Waals surface area contributed by atoms with Crippen LogP contribution in [-0.2, 0) is 25.7 Å². The van der Waals surface area contributed by atoms with Crippen molar-refractivity contribution in [3.63, 3.8) is 0 Å². The van der Waals surface area contributed by atoms with E-state index in [2.05, 4.69) is 41.9 Å². The van der Waals surface area contributed by atoms with Gasteiger partial charge in [-0.2, -0.15) is 0 Å². The van der Waals surface area contributed by atoms with Gasteiger partial charge >= 0.3 is 12.1 Å². The zero-order valence-electron chi connectivity index (χ0n) is 25.3. The van der Waals surface area contributed by atoms with Crippen molar-refractivity contribution in [3.8, 4) is 5.75 Å². The number of aromatic amines is 1. The van der Waals surface area contributed by atoms with Gasteiger partial charge in [0.2, 0.25) is 17.2 Å². The number of anilines is 1. The normalized spacial score (nSPS) is 15.5. The van der Waals surface area contributed by atoms with Crippen LogP contribution in [0, 0.1) is 5.41 Å². The number of pyridine rings is 1. The third kappa shape index (κ3) is 10.9. The van der Waals surface area contributed by atoms with Crippen molar-refractivity contribution in [1.29, 1.82) is 5.41 Å². The van der Waals surface area contributed by atoms with Crippen molar-refractivity contribution < 1.29 is 33.4 Å². The molecule has 2 aromatic rings. The summed E-state index contributed by atoms with van der Waals surface area (Å²) in [6, 6.07) is -1.01. The Morgan fingerprint density at radius 1 is 1.13 bits per heavy atom. The van der Waals surface area contributed by atoms with E-state index < -0.39 is 53.2 Å². The highest BCUT2D eigenvalue weighted by molar-refractivity contribution is 7.14. The molecule has 17 nitrogen and oxygen atoms in total. The van der Waals surface area contributed by atoms with Crippen molar-refractivity contribution in [1.82, 2.24) is 36.6 Å². The minimum Gasteiger partial charge on any atom is -0.488 e. The monoisotopic (exact) mass is 647 g/mol. The summed E-state index contributed by atoms with van der Waals surface area (Å²) < 4.78 is 10.5. The molecule has 1 aliphatic rings. The van der Waals surface area contributed by atoms with Crippen LogP contribution in [0.5, 0.6) is 5.75 Å². The van der Waals surface area contributed by atoms with Crippen LogP contribution in [0.2, 0.25) is 0 Å². The average molecular weight is 648 g/mol. The molecule has 0 aliphatic carbocycles. The van der Waals surface area contributed by atoms with Crippen molar-refractivity contribution in [3.05, 3.63) is 39.3 Å². The predicted molar refractivity (Wildman–Crippen MR) is 163 cm³/mol. The van der Waals surface area contributed by atoms with Gasteiger partial charge in [0.05, 0.1) is 25.7 Å². The molecule has 0 aromatic carbocycles. The van der Waals surface area contributed by atoms with Crippen LogP contribution >= 0.6 is 11.3 Å². The first kappa shape index (κ1) is 34.5. The van der Waals surface area contributed by atoms with Gasteiger partial charge in [-0.05, 0) is 27.2 Å². The van der Waals surface area contributed by atoms with Crippen LogP contribution in [0.25, 0.3) is 0 Å². The van der Waals surface area contributed by atoms with Crippen molar-refractivity contribution in [2.75, 3.05) is 25.0 Å². The first-order chi connectivity index (χ1) is 21.3. The van der Waals surface area contributed by atoms with Crippen LogP contribution in [0.3, 0.4) is 0 Å². The minimum absolute atomic E-state index is 0.00485. The molecule has 2 atom stereocenters. The number of nitrogens with one attached hydrogen (secondary N) is 8. The summed E-state index contributed by atoms with van der Waals surface area (Å²) in [5, 5.41) is 24.5. The van der Waals surface area contributed by atoms with Gasteiger partial charge in [0.15, 0.2) is 10.9 Å². The molecule has 0 bridgehead atoms. The van der Waals surface area contributed by atoms with Crippen LogP contribution < -0.4 is 42.1 Å².